The number of para-hydroxylation sites is 1. The molecule has 254 valence electrons. The SMILES string of the molecule is CCCC[C@H](C(N)=O)[C@@H](CC(C)C)C(=O)NC1N=C(c2ccccc2)c2ccccc2N(Cc2cccc(-c3ccc(F)c(Cl)c3)c2)C1=O. The lowest BCUT2D eigenvalue weighted by Gasteiger charge is -2.29. The number of benzene rings is 4. The first-order valence-corrected chi connectivity index (χ1v) is 17.1. The monoisotopic (exact) mass is 680 g/mol. The Hall–Kier alpha value is -4.82. The van der Waals surface area contributed by atoms with E-state index in [1.165, 1.54) is 6.07 Å². The van der Waals surface area contributed by atoms with Crippen molar-refractivity contribution >= 4 is 40.7 Å². The summed E-state index contributed by atoms with van der Waals surface area (Å²) in [6, 6.07) is 29.2. The van der Waals surface area contributed by atoms with Crippen LogP contribution in [0.15, 0.2) is 102 Å². The van der Waals surface area contributed by atoms with Gasteiger partial charge in [0, 0.05) is 23.0 Å². The number of nitrogens with zero attached hydrogens (tertiary/aromatic N) is 2. The van der Waals surface area contributed by atoms with Crippen LogP contribution in [0.4, 0.5) is 10.1 Å². The second-order valence-electron chi connectivity index (χ2n) is 12.9. The number of amides is 3. The van der Waals surface area contributed by atoms with E-state index in [1.807, 2.05) is 99.6 Å². The third-order valence-electron chi connectivity index (χ3n) is 8.84. The van der Waals surface area contributed by atoms with Crippen molar-refractivity contribution in [2.24, 2.45) is 28.5 Å². The highest BCUT2D eigenvalue weighted by Gasteiger charge is 2.38. The minimum atomic E-state index is -1.27. The number of nitrogens with one attached hydrogen (secondary N) is 1. The first-order valence-electron chi connectivity index (χ1n) is 16.7. The average molecular weight is 681 g/mol. The van der Waals surface area contributed by atoms with Gasteiger partial charge in [-0.3, -0.25) is 14.4 Å². The lowest BCUT2D eigenvalue weighted by Crippen LogP contribution is -2.50. The third kappa shape index (κ3) is 8.43. The quantitative estimate of drug-likeness (QED) is 0.150. The van der Waals surface area contributed by atoms with Crippen molar-refractivity contribution in [1.29, 1.82) is 0 Å². The van der Waals surface area contributed by atoms with Gasteiger partial charge in [-0.2, -0.15) is 0 Å². The maximum Gasteiger partial charge on any atom is 0.272 e. The van der Waals surface area contributed by atoms with E-state index in [0.717, 1.165) is 40.7 Å². The summed E-state index contributed by atoms with van der Waals surface area (Å²) in [5.41, 5.74) is 10.9. The summed E-state index contributed by atoms with van der Waals surface area (Å²) in [5, 5.41) is 2.97. The molecule has 9 heteroatoms. The molecule has 4 aromatic rings. The fourth-order valence-corrected chi connectivity index (χ4v) is 6.57. The number of rotatable bonds is 13. The summed E-state index contributed by atoms with van der Waals surface area (Å²) < 4.78 is 13.9. The van der Waals surface area contributed by atoms with Gasteiger partial charge in [0.05, 0.1) is 23.0 Å². The highest BCUT2D eigenvalue weighted by atomic mass is 35.5. The third-order valence-corrected chi connectivity index (χ3v) is 9.13. The zero-order chi connectivity index (χ0) is 35.1. The predicted molar refractivity (Wildman–Crippen MR) is 194 cm³/mol. The van der Waals surface area contributed by atoms with Crippen LogP contribution in [0, 0.1) is 23.6 Å². The molecule has 0 spiro atoms. The maximum atomic E-state index is 14.6. The zero-order valence-corrected chi connectivity index (χ0v) is 28.8. The zero-order valence-electron chi connectivity index (χ0n) is 28.0. The summed E-state index contributed by atoms with van der Waals surface area (Å²) in [7, 11) is 0. The Morgan fingerprint density at radius 2 is 1.61 bits per heavy atom. The van der Waals surface area contributed by atoms with E-state index >= 15 is 0 Å². The summed E-state index contributed by atoms with van der Waals surface area (Å²) in [5.74, 6) is -3.15. The van der Waals surface area contributed by atoms with Crippen LogP contribution < -0.4 is 16.0 Å². The van der Waals surface area contributed by atoms with Gasteiger partial charge in [0.2, 0.25) is 18.0 Å². The normalized spacial score (nSPS) is 15.6. The molecule has 0 aliphatic carbocycles. The van der Waals surface area contributed by atoms with Gasteiger partial charge in [0.25, 0.3) is 5.91 Å². The topological polar surface area (TPSA) is 105 Å². The maximum absolute atomic E-state index is 14.6. The molecule has 1 heterocycles. The van der Waals surface area contributed by atoms with Crippen molar-refractivity contribution < 1.29 is 18.8 Å². The Kier molecular flexibility index (Phi) is 11.6. The highest BCUT2D eigenvalue weighted by molar-refractivity contribution is 6.31. The number of unbranched alkanes of at least 4 members (excludes halogenated alkanes) is 1. The van der Waals surface area contributed by atoms with Crippen molar-refractivity contribution in [2.45, 2.75) is 59.2 Å². The number of aliphatic imine (C=N–C) groups is 1. The van der Waals surface area contributed by atoms with Gasteiger partial charge in [-0.25, -0.2) is 9.38 Å². The molecule has 3 N–H and O–H groups in total. The van der Waals surface area contributed by atoms with Crippen molar-refractivity contribution in [3.8, 4) is 11.1 Å². The summed E-state index contributed by atoms with van der Waals surface area (Å²) >= 11 is 6.09. The molecular weight excluding hydrogens is 639 g/mol. The number of hydrogen-bond acceptors (Lipinski definition) is 4. The predicted octanol–water partition coefficient (Wildman–Crippen LogP) is 7.93. The molecule has 7 nitrogen and oxygen atoms in total. The molecule has 3 amide bonds. The Labute approximate surface area is 292 Å². The molecule has 4 aromatic carbocycles. The van der Waals surface area contributed by atoms with E-state index in [-0.39, 0.29) is 17.5 Å². The van der Waals surface area contributed by atoms with Crippen molar-refractivity contribution in [1.82, 2.24) is 5.32 Å². The number of anilines is 1. The van der Waals surface area contributed by atoms with Crippen LogP contribution in [0.25, 0.3) is 11.1 Å². The highest BCUT2D eigenvalue weighted by Crippen LogP contribution is 2.32. The van der Waals surface area contributed by atoms with Crippen LogP contribution in [0.3, 0.4) is 0 Å². The summed E-state index contributed by atoms with van der Waals surface area (Å²) in [6.07, 6.45) is 1.25. The van der Waals surface area contributed by atoms with E-state index in [9.17, 15) is 18.8 Å². The standard InChI is InChI=1S/C40H42ClFN4O3/c1-4-5-16-30(37(43)47)32(21-25(2)3)39(48)45-38-40(49)46(24-26-12-11-15-28(22-26)29-19-20-34(42)33(41)23-29)35-18-10-9-17-31(35)36(44-38)27-13-7-6-8-14-27/h6-15,17-20,22-23,25,30,32,38H,4-5,16,21,24H2,1-3H3,(H2,43,47)(H,45,48)/t30-,32+,38?/m0/s1. The number of halogens is 2. The smallest absolute Gasteiger partial charge is 0.272 e. The molecule has 49 heavy (non-hydrogen) atoms. The van der Waals surface area contributed by atoms with Gasteiger partial charge in [-0.15, -0.1) is 0 Å². The van der Waals surface area contributed by atoms with E-state index in [0.29, 0.717) is 24.2 Å². The molecule has 1 aliphatic heterocycles. The van der Waals surface area contributed by atoms with Crippen LogP contribution in [0.5, 0.6) is 0 Å². The Morgan fingerprint density at radius 1 is 0.918 bits per heavy atom. The molecule has 3 atom stereocenters. The number of carbonyl (C=O) groups excluding carboxylic acids is 3. The van der Waals surface area contributed by atoms with E-state index in [1.54, 1.807) is 17.0 Å². The van der Waals surface area contributed by atoms with Crippen LogP contribution in [0.1, 0.15) is 63.1 Å². The van der Waals surface area contributed by atoms with Crippen LogP contribution >= 0.6 is 11.6 Å². The molecule has 0 bridgehead atoms. The molecule has 0 radical (unpaired) electrons. The van der Waals surface area contributed by atoms with Crippen molar-refractivity contribution in [2.75, 3.05) is 4.90 Å². The minimum absolute atomic E-state index is 0.0211. The van der Waals surface area contributed by atoms with Gasteiger partial charge < -0.3 is 16.0 Å². The second kappa shape index (κ2) is 16.1. The Balaban J connectivity index is 1.57. The Bertz CT molecular complexity index is 1840. The number of fused-ring (bicyclic) bond motifs is 1. The molecule has 0 fully saturated rings. The number of primary amides is 1. The average Bonchev–Trinajstić information content (AvgIpc) is 3.20. The van der Waals surface area contributed by atoms with Crippen molar-refractivity contribution in [3.63, 3.8) is 0 Å². The lowest BCUT2D eigenvalue weighted by atomic mass is 9.81. The number of nitrogens with two attached hydrogens (primary N) is 1. The van der Waals surface area contributed by atoms with Gasteiger partial charge in [0.1, 0.15) is 5.82 Å². The largest absolute Gasteiger partial charge is 0.369 e. The second-order valence-corrected chi connectivity index (χ2v) is 13.3. The van der Waals surface area contributed by atoms with Crippen LogP contribution in [-0.4, -0.2) is 29.6 Å². The van der Waals surface area contributed by atoms with Crippen molar-refractivity contribution in [3.05, 3.63) is 125 Å². The number of hydrogen-bond donors (Lipinski definition) is 2. The minimum Gasteiger partial charge on any atom is -0.369 e. The molecular formula is C40H42ClFN4O3. The molecule has 1 aliphatic rings. The first kappa shape index (κ1) is 35.5. The van der Waals surface area contributed by atoms with Crippen LogP contribution in [-0.2, 0) is 20.9 Å². The fourth-order valence-electron chi connectivity index (χ4n) is 6.39. The van der Waals surface area contributed by atoms with Gasteiger partial charge in [-0.1, -0.05) is 118 Å². The van der Waals surface area contributed by atoms with E-state index < -0.39 is 41.5 Å². The van der Waals surface area contributed by atoms with Crippen LogP contribution in [0.2, 0.25) is 5.02 Å². The number of benzodiazepines with no additional fused rings is 1. The fraction of sp³-hybridized carbons (Fsp3) is 0.300. The van der Waals surface area contributed by atoms with Gasteiger partial charge in [0.15, 0.2) is 0 Å². The molecule has 0 aromatic heterocycles. The molecule has 0 saturated carbocycles. The molecule has 0 saturated heterocycles. The lowest BCUT2D eigenvalue weighted by molar-refractivity contribution is -0.136. The number of carbonyl (C=O) groups is 3. The molecule has 5 rings (SSSR count). The van der Waals surface area contributed by atoms with E-state index in [4.69, 9.17) is 22.3 Å². The first-order chi connectivity index (χ1) is 23.6. The van der Waals surface area contributed by atoms with Gasteiger partial charge >= 0.3 is 0 Å². The Morgan fingerprint density at radius 3 is 2.31 bits per heavy atom. The summed E-state index contributed by atoms with van der Waals surface area (Å²) in [4.78, 5) is 48.0. The summed E-state index contributed by atoms with van der Waals surface area (Å²) in [6.45, 7) is 6.18. The van der Waals surface area contributed by atoms with Gasteiger partial charge in [-0.05, 0) is 59.7 Å². The molecule has 1 unspecified atom stereocenters. The van der Waals surface area contributed by atoms with E-state index in [2.05, 4.69) is 5.32 Å².